The third-order valence-corrected chi connectivity index (χ3v) is 6.51. The van der Waals surface area contributed by atoms with Crippen molar-refractivity contribution < 1.29 is 4.79 Å². The van der Waals surface area contributed by atoms with Crippen molar-refractivity contribution in [2.75, 3.05) is 0 Å². The molecular formula is C9H9Br2NO. The average Bonchev–Trinajstić information content (AvgIpc) is 2.14. The lowest BCUT2D eigenvalue weighted by molar-refractivity contribution is -0.139. The van der Waals surface area contributed by atoms with Crippen LogP contribution in [-0.2, 0) is 4.79 Å². The van der Waals surface area contributed by atoms with E-state index < -0.39 is 0 Å². The molecule has 70 valence electrons. The number of alkyl halides is 2. The summed E-state index contributed by atoms with van der Waals surface area (Å²) < 4.78 is 0. The molecule has 0 radical (unpaired) electrons. The number of hydrogen-bond acceptors (Lipinski definition) is 1. The fourth-order valence-corrected chi connectivity index (χ4v) is 4.54. The normalized spacial score (nSPS) is 56.9. The van der Waals surface area contributed by atoms with Gasteiger partial charge in [0, 0.05) is 9.65 Å². The number of β-lactam (4-membered cyclic amide) rings is 1. The van der Waals surface area contributed by atoms with Gasteiger partial charge in [0.25, 0.3) is 0 Å². The Morgan fingerprint density at radius 1 is 1.23 bits per heavy atom. The number of amides is 1. The van der Waals surface area contributed by atoms with Crippen molar-refractivity contribution in [1.82, 2.24) is 5.32 Å². The van der Waals surface area contributed by atoms with E-state index in [0.717, 1.165) is 0 Å². The molecule has 1 saturated carbocycles. The van der Waals surface area contributed by atoms with Crippen LogP contribution in [0.2, 0.25) is 0 Å². The molecule has 1 saturated heterocycles. The maximum absolute atomic E-state index is 11.3. The number of hydrogen-bond donors (Lipinski definition) is 1. The second-order valence-corrected chi connectivity index (χ2v) is 6.10. The van der Waals surface area contributed by atoms with E-state index in [0.29, 0.717) is 27.5 Å². The molecule has 6 atom stereocenters. The van der Waals surface area contributed by atoms with Gasteiger partial charge in [-0.3, -0.25) is 4.79 Å². The maximum atomic E-state index is 11.3. The fourth-order valence-electron chi connectivity index (χ4n) is 2.62. The van der Waals surface area contributed by atoms with Crippen LogP contribution in [0.3, 0.4) is 0 Å². The van der Waals surface area contributed by atoms with Crippen LogP contribution in [-0.4, -0.2) is 21.6 Å². The first kappa shape index (κ1) is 8.48. The molecule has 1 aliphatic heterocycles. The van der Waals surface area contributed by atoms with Crippen molar-refractivity contribution in [3.63, 3.8) is 0 Å². The molecule has 2 nitrogen and oxygen atoms in total. The van der Waals surface area contributed by atoms with Crippen molar-refractivity contribution in [3.05, 3.63) is 12.2 Å². The summed E-state index contributed by atoms with van der Waals surface area (Å²) in [7, 11) is 0. The Morgan fingerprint density at radius 3 is 2.69 bits per heavy atom. The minimum atomic E-state index is 0.230. The summed E-state index contributed by atoms with van der Waals surface area (Å²) in [6.07, 6.45) is 4.38. The molecular weight excluding hydrogens is 298 g/mol. The summed E-state index contributed by atoms with van der Waals surface area (Å²) in [6, 6.07) is 0.314. The van der Waals surface area contributed by atoms with E-state index in [1.807, 2.05) is 0 Å². The minimum Gasteiger partial charge on any atom is -0.349 e. The zero-order valence-corrected chi connectivity index (χ0v) is 9.95. The highest BCUT2D eigenvalue weighted by molar-refractivity contribution is 9.12. The summed E-state index contributed by atoms with van der Waals surface area (Å²) in [5.74, 6) is 1.52. The highest BCUT2D eigenvalue weighted by Crippen LogP contribution is 2.54. The summed E-state index contributed by atoms with van der Waals surface area (Å²) in [6.45, 7) is 0. The predicted octanol–water partition coefficient (Wildman–Crippen LogP) is 1.44. The lowest BCUT2D eigenvalue weighted by Crippen LogP contribution is -2.69. The Bertz CT molecular complexity index is 304. The van der Waals surface area contributed by atoms with Gasteiger partial charge >= 0.3 is 0 Å². The van der Waals surface area contributed by atoms with Gasteiger partial charge in [-0.15, -0.1) is 0 Å². The first-order valence-corrected chi connectivity index (χ1v) is 6.30. The Balaban J connectivity index is 1.92. The predicted molar refractivity (Wildman–Crippen MR) is 57.0 cm³/mol. The number of halogens is 2. The van der Waals surface area contributed by atoms with E-state index in [1.54, 1.807) is 0 Å². The van der Waals surface area contributed by atoms with Gasteiger partial charge in [0.15, 0.2) is 0 Å². The van der Waals surface area contributed by atoms with Gasteiger partial charge < -0.3 is 5.32 Å². The Labute approximate surface area is 93.4 Å². The van der Waals surface area contributed by atoms with E-state index in [4.69, 9.17) is 0 Å². The molecule has 2 fully saturated rings. The quantitative estimate of drug-likeness (QED) is 0.410. The van der Waals surface area contributed by atoms with E-state index in [9.17, 15) is 4.79 Å². The lowest BCUT2D eigenvalue weighted by atomic mass is 9.59. The smallest absolute Gasteiger partial charge is 0.226 e. The number of allylic oxidation sites excluding steroid dienone is 1. The molecule has 0 unspecified atom stereocenters. The van der Waals surface area contributed by atoms with Crippen LogP contribution in [0.15, 0.2) is 12.2 Å². The average molecular weight is 307 g/mol. The highest BCUT2D eigenvalue weighted by Gasteiger charge is 2.59. The van der Waals surface area contributed by atoms with E-state index in [1.165, 1.54) is 0 Å². The Morgan fingerprint density at radius 2 is 2.00 bits per heavy atom. The molecule has 13 heavy (non-hydrogen) atoms. The summed E-state index contributed by atoms with van der Waals surface area (Å²) in [4.78, 5) is 12.3. The first-order chi connectivity index (χ1) is 6.20. The molecule has 3 rings (SSSR count). The molecule has 3 aliphatic rings. The van der Waals surface area contributed by atoms with Crippen LogP contribution in [0, 0.1) is 17.8 Å². The summed E-state index contributed by atoms with van der Waals surface area (Å²) >= 11 is 7.26. The Hall–Kier alpha value is 0.170. The van der Waals surface area contributed by atoms with Gasteiger partial charge in [-0.1, -0.05) is 44.0 Å². The van der Waals surface area contributed by atoms with Crippen molar-refractivity contribution in [2.24, 2.45) is 17.8 Å². The lowest BCUT2D eigenvalue weighted by Gasteiger charge is -2.56. The number of fused-ring (bicyclic) bond motifs is 3. The molecule has 0 bridgehead atoms. The number of carbonyl (C=O) groups is 1. The van der Waals surface area contributed by atoms with Crippen LogP contribution >= 0.6 is 31.9 Å². The third kappa shape index (κ3) is 0.911. The van der Waals surface area contributed by atoms with Crippen LogP contribution < -0.4 is 5.32 Å². The largest absolute Gasteiger partial charge is 0.349 e. The fraction of sp³-hybridized carbons (Fsp3) is 0.667. The number of carbonyl (C=O) groups excluding carboxylic acids is 1. The number of rotatable bonds is 0. The SMILES string of the molecule is O=C1N[C@@H]2C=C[C@H]3[C@H](Br)[C@@H](Br)[C@H]3[C@H]12. The highest BCUT2D eigenvalue weighted by atomic mass is 79.9. The van der Waals surface area contributed by atoms with Gasteiger partial charge in [0.1, 0.15) is 0 Å². The standard InChI is InChI=1S/C9H9Br2NO/c10-7-3-1-2-4-6(9(13)12-4)5(3)8(7)11/h1-8H,(H,12,13)/t3-,4-,5-,6-,7+,8+/m1/s1. The molecule has 0 spiro atoms. The maximum Gasteiger partial charge on any atom is 0.226 e. The Kier molecular flexibility index (Phi) is 1.69. The van der Waals surface area contributed by atoms with Gasteiger partial charge in [0.2, 0.25) is 5.91 Å². The van der Waals surface area contributed by atoms with Crippen molar-refractivity contribution >= 4 is 37.8 Å². The summed E-state index contributed by atoms with van der Waals surface area (Å²) in [5.41, 5.74) is 0. The molecule has 0 aromatic rings. The second-order valence-electron chi connectivity index (χ2n) is 3.99. The third-order valence-electron chi connectivity index (χ3n) is 3.44. The second kappa shape index (κ2) is 2.60. The molecule has 4 heteroatoms. The first-order valence-electron chi connectivity index (χ1n) is 4.47. The minimum absolute atomic E-state index is 0.230. The molecule has 1 heterocycles. The van der Waals surface area contributed by atoms with Crippen LogP contribution in [0.5, 0.6) is 0 Å². The van der Waals surface area contributed by atoms with E-state index in [-0.39, 0.29) is 11.8 Å². The zero-order valence-electron chi connectivity index (χ0n) is 6.78. The molecule has 1 N–H and O–H groups in total. The number of nitrogens with one attached hydrogen (secondary N) is 1. The van der Waals surface area contributed by atoms with Crippen LogP contribution in [0.4, 0.5) is 0 Å². The van der Waals surface area contributed by atoms with Crippen molar-refractivity contribution in [1.29, 1.82) is 0 Å². The summed E-state index contributed by atoms with van der Waals surface area (Å²) in [5, 5.41) is 2.90. The topological polar surface area (TPSA) is 29.1 Å². The van der Waals surface area contributed by atoms with Gasteiger partial charge in [0.05, 0.1) is 12.0 Å². The van der Waals surface area contributed by atoms with Gasteiger partial charge in [-0.2, -0.15) is 0 Å². The van der Waals surface area contributed by atoms with Crippen LogP contribution in [0.25, 0.3) is 0 Å². The monoisotopic (exact) mass is 305 g/mol. The van der Waals surface area contributed by atoms with Crippen molar-refractivity contribution in [3.8, 4) is 0 Å². The van der Waals surface area contributed by atoms with E-state index in [2.05, 4.69) is 49.3 Å². The van der Waals surface area contributed by atoms with Gasteiger partial charge in [-0.25, -0.2) is 0 Å². The molecule has 0 aromatic heterocycles. The molecule has 2 aliphatic carbocycles. The van der Waals surface area contributed by atoms with E-state index >= 15 is 0 Å². The zero-order chi connectivity index (χ0) is 9.16. The van der Waals surface area contributed by atoms with Gasteiger partial charge in [-0.05, 0) is 11.8 Å². The molecule has 0 aromatic carbocycles. The van der Waals surface area contributed by atoms with Crippen molar-refractivity contribution in [2.45, 2.75) is 15.7 Å². The van der Waals surface area contributed by atoms with Crippen LogP contribution in [0.1, 0.15) is 0 Å². The molecule has 1 amide bonds.